The van der Waals surface area contributed by atoms with Gasteiger partial charge in [-0.25, -0.2) is 4.98 Å². The number of aryl methyl sites for hydroxylation is 2. The summed E-state index contributed by atoms with van der Waals surface area (Å²) >= 11 is 1.62. The highest BCUT2D eigenvalue weighted by Gasteiger charge is 2.22. The lowest BCUT2D eigenvalue weighted by molar-refractivity contribution is 0.0933. The Labute approximate surface area is 190 Å². The van der Waals surface area contributed by atoms with Gasteiger partial charge in [-0.05, 0) is 55.5 Å². The number of benzene rings is 3. The van der Waals surface area contributed by atoms with E-state index in [0.29, 0.717) is 5.56 Å². The van der Waals surface area contributed by atoms with Crippen LogP contribution < -0.4 is 5.32 Å². The van der Waals surface area contributed by atoms with Crippen LogP contribution in [-0.2, 0) is 6.42 Å². The van der Waals surface area contributed by atoms with Crippen LogP contribution in [0.25, 0.3) is 26.4 Å². The maximum atomic E-state index is 13.1. The van der Waals surface area contributed by atoms with Crippen molar-refractivity contribution in [1.29, 1.82) is 0 Å². The third-order valence-electron chi connectivity index (χ3n) is 6.38. The number of aromatic nitrogens is 2. The second-order valence-corrected chi connectivity index (χ2v) is 9.56. The molecule has 0 aliphatic heterocycles. The van der Waals surface area contributed by atoms with E-state index in [9.17, 15) is 4.79 Å². The molecule has 1 aliphatic carbocycles. The molecule has 0 radical (unpaired) electrons. The second-order valence-electron chi connectivity index (χ2n) is 8.55. The summed E-state index contributed by atoms with van der Waals surface area (Å²) < 4.78 is 3.19. The first-order valence-electron chi connectivity index (χ1n) is 11.0. The summed E-state index contributed by atoms with van der Waals surface area (Å²) in [5, 5.41) is 3.26. The Hall–Kier alpha value is -3.44. The highest BCUT2D eigenvalue weighted by Crippen LogP contribution is 2.32. The van der Waals surface area contributed by atoms with Crippen LogP contribution in [0, 0.1) is 6.92 Å². The van der Waals surface area contributed by atoms with Crippen LogP contribution in [0.15, 0.2) is 72.9 Å². The van der Waals surface area contributed by atoms with Gasteiger partial charge in [0.1, 0.15) is 0 Å². The van der Waals surface area contributed by atoms with Crippen molar-refractivity contribution in [3.8, 4) is 11.3 Å². The number of thiazole rings is 1. The van der Waals surface area contributed by atoms with Gasteiger partial charge >= 0.3 is 0 Å². The quantitative estimate of drug-likeness (QED) is 0.358. The fraction of sp³-hybridized carbons (Fsp3) is 0.185. The number of fused-ring (bicyclic) bond motifs is 4. The van der Waals surface area contributed by atoms with Crippen molar-refractivity contribution in [2.45, 2.75) is 32.2 Å². The van der Waals surface area contributed by atoms with E-state index in [1.807, 2.05) is 18.2 Å². The van der Waals surface area contributed by atoms with Gasteiger partial charge in [0, 0.05) is 17.3 Å². The summed E-state index contributed by atoms with van der Waals surface area (Å²) in [5.74, 6) is -0.0139. The van der Waals surface area contributed by atoms with Gasteiger partial charge < -0.3 is 5.32 Å². The Morgan fingerprint density at radius 2 is 1.94 bits per heavy atom. The molecule has 2 heterocycles. The van der Waals surface area contributed by atoms with Crippen molar-refractivity contribution in [3.63, 3.8) is 0 Å². The van der Waals surface area contributed by atoms with E-state index in [0.717, 1.165) is 45.7 Å². The molecule has 1 N–H and O–H groups in total. The van der Waals surface area contributed by atoms with Crippen LogP contribution >= 0.6 is 11.3 Å². The zero-order chi connectivity index (χ0) is 21.7. The van der Waals surface area contributed by atoms with E-state index < -0.39 is 0 Å². The Morgan fingerprint density at radius 1 is 1.09 bits per heavy atom. The maximum Gasteiger partial charge on any atom is 0.251 e. The van der Waals surface area contributed by atoms with Gasteiger partial charge in [-0.1, -0.05) is 65.4 Å². The van der Waals surface area contributed by atoms with Crippen molar-refractivity contribution < 1.29 is 4.79 Å². The highest BCUT2D eigenvalue weighted by molar-refractivity contribution is 7.23. The molecular formula is C27H23N3OS. The lowest BCUT2D eigenvalue weighted by Crippen LogP contribution is -2.30. The highest BCUT2D eigenvalue weighted by atomic mass is 32.1. The Bertz CT molecular complexity index is 1460. The molecule has 1 atom stereocenters. The first-order valence-corrected chi connectivity index (χ1v) is 11.8. The maximum absolute atomic E-state index is 13.1. The smallest absolute Gasteiger partial charge is 0.251 e. The largest absolute Gasteiger partial charge is 0.345 e. The molecule has 5 heteroatoms. The van der Waals surface area contributed by atoms with Crippen molar-refractivity contribution in [1.82, 2.24) is 14.7 Å². The zero-order valence-corrected chi connectivity index (χ0v) is 18.7. The summed E-state index contributed by atoms with van der Waals surface area (Å²) in [6.07, 6.45) is 5.26. The normalized spacial score (nSPS) is 15.7. The molecule has 0 fully saturated rings. The van der Waals surface area contributed by atoms with Gasteiger partial charge in [-0.15, -0.1) is 0 Å². The fourth-order valence-electron chi connectivity index (χ4n) is 4.65. The van der Waals surface area contributed by atoms with Crippen molar-refractivity contribution in [3.05, 3.63) is 95.2 Å². The van der Waals surface area contributed by atoms with Gasteiger partial charge in [-0.2, -0.15) is 0 Å². The molecule has 4 nitrogen and oxygen atoms in total. The van der Waals surface area contributed by atoms with Crippen molar-refractivity contribution in [2.24, 2.45) is 0 Å². The van der Waals surface area contributed by atoms with Crippen LogP contribution in [0.1, 0.15) is 45.9 Å². The zero-order valence-electron chi connectivity index (χ0n) is 17.8. The summed E-state index contributed by atoms with van der Waals surface area (Å²) in [7, 11) is 0. The molecule has 3 aromatic carbocycles. The minimum absolute atomic E-state index is 0.0139. The number of carbonyl (C=O) groups is 1. The predicted octanol–water partition coefficient (Wildman–Crippen LogP) is 6.33. The molecule has 0 spiro atoms. The first kappa shape index (κ1) is 19.3. The summed E-state index contributed by atoms with van der Waals surface area (Å²) in [5.41, 5.74) is 7.70. The van der Waals surface area contributed by atoms with Crippen LogP contribution in [0.2, 0.25) is 0 Å². The number of imidazole rings is 1. The van der Waals surface area contributed by atoms with Gasteiger partial charge in [0.05, 0.1) is 22.0 Å². The summed E-state index contributed by atoms with van der Waals surface area (Å²) in [6.45, 7) is 2.09. The molecule has 158 valence electrons. The topological polar surface area (TPSA) is 46.4 Å². The van der Waals surface area contributed by atoms with Gasteiger partial charge in [0.15, 0.2) is 4.96 Å². The van der Waals surface area contributed by atoms with Crippen LogP contribution in [0.5, 0.6) is 0 Å². The minimum Gasteiger partial charge on any atom is -0.345 e. The van der Waals surface area contributed by atoms with Crippen molar-refractivity contribution in [2.75, 3.05) is 0 Å². The molecule has 1 aliphatic rings. The van der Waals surface area contributed by atoms with Gasteiger partial charge in [-0.3, -0.25) is 9.20 Å². The molecule has 0 unspecified atom stereocenters. The summed E-state index contributed by atoms with van der Waals surface area (Å²) in [4.78, 5) is 18.8. The van der Waals surface area contributed by atoms with Crippen molar-refractivity contribution >= 4 is 32.4 Å². The SMILES string of the molecule is Cc1ccc(-c2cn3c(n2)sc2cc(C(=O)N[C@H]4CCCc5ccccc54)ccc23)cc1. The molecule has 6 rings (SSSR count). The predicted molar refractivity (Wildman–Crippen MR) is 130 cm³/mol. The number of nitrogens with zero attached hydrogens (tertiary/aromatic N) is 2. The molecule has 32 heavy (non-hydrogen) atoms. The Kier molecular flexibility index (Phi) is 4.58. The number of nitrogens with one attached hydrogen (secondary N) is 1. The average molecular weight is 438 g/mol. The van der Waals surface area contributed by atoms with Crippen LogP contribution in [0.4, 0.5) is 0 Å². The monoisotopic (exact) mass is 437 g/mol. The Morgan fingerprint density at radius 3 is 2.81 bits per heavy atom. The van der Waals surface area contributed by atoms with E-state index >= 15 is 0 Å². The standard InChI is InChI=1S/C27H23N3OS/c1-17-9-11-19(12-10-17)23-16-30-24-14-13-20(15-25(24)32-27(30)29-23)26(31)28-22-8-4-6-18-5-2-3-7-21(18)22/h2-3,5,7,9-16,22H,4,6,8H2,1H3,(H,28,31)/t22-/m0/s1. The third-order valence-corrected chi connectivity index (χ3v) is 7.40. The third kappa shape index (κ3) is 3.30. The number of amides is 1. The molecule has 0 bridgehead atoms. The van der Waals surface area contributed by atoms with Crippen LogP contribution in [-0.4, -0.2) is 15.3 Å². The van der Waals surface area contributed by atoms with E-state index in [1.54, 1.807) is 11.3 Å². The lowest BCUT2D eigenvalue weighted by Gasteiger charge is -2.26. The van der Waals surface area contributed by atoms with Gasteiger partial charge in [0.25, 0.3) is 5.91 Å². The van der Waals surface area contributed by atoms with Crippen LogP contribution in [0.3, 0.4) is 0 Å². The Balaban J connectivity index is 1.29. The first-order chi connectivity index (χ1) is 15.7. The molecule has 2 aromatic heterocycles. The molecule has 0 saturated carbocycles. The lowest BCUT2D eigenvalue weighted by atomic mass is 9.87. The molecule has 5 aromatic rings. The second kappa shape index (κ2) is 7.61. The number of carbonyl (C=O) groups excluding carboxylic acids is 1. The number of hydrogen-bond donors (Lipinski definition) is 1. The average Bonchev–Trinajstić information content (AvgIpc) is 3.37. The molecule has 1 amide bonds. The van der Waals surface area contributed by atoms with E-state index in [4.69, 9.17) is 4.98 Å². The minimum atomic E-state index is -0.0139. The van der Waals surface area contributed by atoms with E-state index in [-0.39, 0.29) is 11.9 Å². The molecular weight excluding hydrogens is 414 g/mol. The van der Waals surface area contributed by atoms with Gasteiger partial charge in [0.2, 0.25) is 0 Å². The molecule has 0 saturated heterocycles. The van der Waals surface area contributed by atoms with E-state index in [2.05, 4.69) is 71.4 Å². The summed E-state index contributed by atoms with van der Waals surface area (Å²) in [6, 6.07) is 22.9. The number of rotatable bonds is 3. The van der Waals surface area contributed by atoms with E-state index in [1.165, 1.54) is 16.7 Å². The number of hydrogen-bond acceptors (Lipinski definition) is 3. The fourth-order valence-corrected chi connectivity index (χ4v) is 5.70.